The number of hydrogen-bond acceptors (Lipinski definition) is 4. The van der Waals surface area contributed by atoms with E-state index in [2.05, 4.69) is 15.5 Å². The highest BCUT2D eigenvalue weighted by atomic mass is 35.5. The molecule has 4 N–H and O–H groups in total. The van der Waals surface area contributed by atoms with Crippen molar-refractivity contribution in [3.63, 3.8) is 0 Å². The van der Waals surface area contributed by atoms with Gasteiger partial charge in [-0.15, -0.1) is 0 Å². The number of nitrogens with zero attached hydrogens (tertiary/aromatic N) is 1. The summed E-state index contributed by atoms with van der Waals surface area (Å²) in [6, 6.07) is 2.60. The lowest BCUT2D eigenvalue weighted by atomic mass is 10.2. The summed E-state index contributed by atoms with van der Waals surface area (Å²) in [7, 11) is -3.96. The first-order valence-corrected chi connectivity index (χ1v) is 7.84. The molecular weight excluding hydrogens is 339 g/mol. The van der Waals surface area contributed by atoms with Crippen LogP contribution in [-0.2, 0) is 10.0 Å². The average molecular weight is 349 g/mol. The van der Waals surface area contributed by atoms with Crippen LogP contribution in [0.2, 0.25) is 10.0 Å². The predicted octanol–water partition coefficient (Wildman–Crippen LogP) is 1.92. The minimum Gasteiger partial charge on any atom is -0.318 e. The number of carbonyl (C=O) groups excluding carboxylic acids is 1. The van der Waals surface area contributed by atoms with Crippen molar-refractivity contribution >= 4 is 44.8 Å². The summed E-state index contributed by atoms with van der Waals surface area (Å²) in [5.41, 5.74) is 0.502. The quantitative estimate of drug-likeness (QED) is 0.784. The topological polar surface area (TPSA) is 118 Å². The van der Waals surface area contributed by atoms with Crippen LogP contribution < -0.4 is 10.5 Å². The molecule has 0 atom stereocenters. The van der Waals surface area contributed by atoms with Gasteiger partial charge in [-0.2, -0.15) is 5.10 Å². The van der Waals surface area contributed by atoms with Crippen molar-refractivity contribution in [1.82, 2.24) is 10.2 Å². The Balaban J connectivity index is 2.47. The Labute approximate surface area is 130 Å². The van der Waals surface area contributed by atoms with E-state index in [1.807, 2.05) is 0 Å². The maximum Gasteiger partial charge on any atom is 0.273 e. The number of H-pyrrole nitrogens is 1. The van der Waals surface area contributed by atoms with Gasteiger partial charge in [0.1, 0.15) is 5.69 Å². The fourth-order valence-electron chi connectivity index (χ4n) is 1.67. The molecule has 1 amide bonds. The van der Waals surface area contributed by atoms with Crippen molar-refractivity contribution < 1.29 is 13.2 Å². The average Bonchev–Trinajstić information content (AvgIpc) is 2.91. The van der Waals surface area contributed by atoms with Crippen LogP contribution in [0.4, 0.5) is 5.69 Å². The third kappa shape index (κ3) is 3.18. The van der Waals surface area contributed by atoms with E-state index in [4.69, 9.17) is 28.3 Å². The summed E-state index contributed by atoms with van der Waals surface area (Å²) in [6.07, 6.45) is 1.41. The third-order valence-electron chi connectivity index (χ3n) is 2.71. The lowest BCUT2D eigenvalue weighted by molar-refractivity contribution is 0.102. The van der Waals surface area contributed by atoms with Crippen molar-refractivity contribution in [2.75, 3.05) is 5.32 Å². The van der Waals surface area contributed by atoms with Crippen molar-refractivity contribution in [2.24, 2.45) is 5.14 Å². The second-order valence-electron chi connectivity index (χ2n) is 4.14. The van der Waals surface area contributed by atoms with Crippen LogP contribution in [0.15, 0.2) is 23.2 Å². The molecule has 1 aromatic carbocycles. The van der Waals surface area contributed by atoms with Gasteiger partial charge in [0.15, 0.2) is 0 Å². The highest BCUT2D eigenvalue weighted by molar-refractivity contribution is 7.89. The molecule has 112 valence electrons. The molecule has 2 aromatic rings. The van der Waals surface area contributed by atoms with E-state index in [-0.39, 0.29) is 31.9 Å². The molecule has 10 heteroatoms. The summed E-state index contributed by atoms with van der Waals surface area (Å²) in [5, 5.41) is 13.7. The Kier molecular flexibility index (Phi) is 4.24. The summed E-state index contributed by atoms with van der Waals surface area (Å²) < 4.78 is 22.9. The molecule has 1 heterocycles. The predicted molar refractivity (Wildman–Crippen MR) is 79.1 cm³/mol. The van der Waals surface area contributed by atoms with Gasteiger partial charge in [0, 0.05) is 6.20 Å². The van der Waals surface area contributed by atoms with Crippen molar-refractivity contribution in [2.45, 2.75) is 11.8 Å². The zero-order valence-corrected chi connectivity index (χ0v) is 13.0. The molecule has 2 rings (SSSR count). The van der Waals surface area contributed by atoms with E-state index in [0.29, 0.717) is 0 Å². The van der Waals surface area contributed by atoms with Crippen LogP contribution in [-0.4, -0.2) is 24.5 Å². The van der Waals surface area contributed by atoms with E-state index in [1.165, 1.54) is 19.2 Å². The van der Waals surface area contributed by atoms with E-state index in [9.17, 15) is 13.2 Å². The molecule has 0 aliphatic carbocycles. The zero-order valence-electron chi connectivity index (χ0n) is 10.6. The molecule has 0 saturated carbocycles. The first-order valence-electron chi connectivity index (χ1n) is 5.54. The molecule has 0 aliphatic heterocycles. The van der Waals surface area contributed by atoms with Gasteiger partial charge < -0.3 is 5.32 Å². The number of amides is 1. The van der Waals surface area contributed by atoms with Gasteiger partial charge in [-0.1, -0.05) is 23.2 Å². The lowest BCUT2D eigenvalue weighted by Gasteiger charge is -2.13. The number of hydrogen-bond donors (Lipinski definition) is 3. The van der Waals surface area contributed by atoms with Crippen LogP contribution in [0.25, 0.3) is 0 Å². The summed E-state index contributed by atoms with van der Waals surface area (Å²) >= 11 is 12.0. The molecule has 0 saturated heterocycles. The Hall–Kier alpha value is -1.61. The molecule has 1 aromatic heterocycles. The van der Waals surface area contributed by atoms with Gasteiger partial charge in [-0.25, -0.2) is 13.6 Å². The number of aromatic amines is 1. The van der Waals surface area contributed by atoms with Gasteiger partial charge in [0.05, 0.1) is 20.6 Å². The normalized spacial score (nSPS) is 11.4. The molecular formula is C11H10Cl2N4O3S. The standard InChI is InChI=1S/C11H10Cl2N4O3S/c1-5-8(21(14,19)20)4-6(12)10(9(5)13)16-11(18)7-2-3-15-17-7/h2-4H,1H3,(H,15,17)(H,16,18)(H2,14,19,20). The smallest absolute Gasteiger partial charge is 0.273 e. The maximum absolute atomic E-state index is 11.9. The van der Waals surface area contributed by atoms with Crippen LogP contribution >= 0.6 is 23.2 Å². The largest absolute Gasteiger partial charge is 0.318 e. The van der Waals surface area contributed by atoms with Crippen LogP contribution in [0.5, 0.6) is 0 Å². The second kappa shape index (κ2) is 5.64. The van der Waals surface area contributed by atoms with Gasteiger partial charge in [-0.05, 0) is 24.6 Å². The Morgan fingerprint density at radius 1 is 1.43 bits per heavy atom. The number of anilines is 1. The number of nitrogens with two attached hydrogens (primary N) is 1. The number of benzene rings is 1. The molecule has 0 aliphatic rings. The highest BCUT2D eigenvalue weighted by Crippen LogP contribution is 2.37. The number of rotatable bonds is 3. The molecule has 0 unspecified atom stereocenters. The molecule has 0 fully saturated rings. The number of aromatic nitrogens is 2. The van der Waals surface area contributed by atoms with Gasteiger partial charge in [0.2, 0.25) is 10.0 Å². The molecule has 7 nitrogen and oxygen atoms in total. The number of sulfonamides is 1. The van der Waals surface area contributed by atoms with Crippen molar-refractivity contribution in [1.29, 1.82) is 0 Å². The SMILES string of the molecule is Cc1c(S(N)(=O)=O)cc(Cl)c(NC(=O)c2ccn[nH]2)c1Cl. The van der Waals surface area contributed by atoms with Crippen LogP contribution in [0.3, 0.4) is 0 Å². The minimum atomic E-state index is -3.96. The second-order valence-corrected chi connectivity index (χ2v) is 6.45. The van der Waals surface area contributed by atoms with E-state index in [1.54, 1.807) is 0 Å². The van der Waals surface area contributed by atoms with Crippen molar-refractivity contribution in [3.05, 3.63) is 39.6 Å². The molecule has 0 spiro atoms. The monoisotopic (exact) mass is 348 g/mol. The molecule has 0 bridgehead atoms. The summed E-state index contributed by atoms with van der Waals surface area (Å²) in [5.74, 6) is -0.515. The summed E-state index contributed by atoms with van der Waals surface area (Å²) in [4.78, 5) is 11.7. The number of halogens is 2. The molecule has 0 radical (unpaired) electrons. The summed E-state index contributed by atoms with van der Waals surface area (Å²) in [6.45, 7) is 1.46. The number of carbonyl (C=O) groups is 1. The Morgan fingerprint density at radius 2 is 2.10 bits per heavy atom. The van der Waals surface area contributed by atoms with E-state index >= 15 is 0 Å². The van der Waals surface area contributed by atoms with Crippen molar-refractivity contribution in [3.8, 4) is 0 Å². The fraction of sp³-hybridized carbons (Fsp3) is 0.0909. The first kappa shape index (κ1) is 15.8. The number of nitrogens with one attached hydrogen (secondary N) is 2. The third-order valence-corrected chi connectivity index (χ3v) is 4.51. The lowest BCUT2D eigenvalue weighted by Crippen LogP contribution is -2.16. The maximum atomic E-state index is 11.9. The Morgan fingerprint density at radius 3 is 2.62 bits per heavy atom. The zero-order chi connectivity index (χ0) is 15.8. The minimum absolute atomic E-state index is 0.000565. The molecule has 21 heavy (non-hydrogen) atoms. The van der Waals surface area contributed by atoms with Crippen LogP contribution in [0, 0.1) is 6.92 Å². The fourth-order valence-corrected chi connectivity index (χ4v) is 3.15. The van der Waals surface area contributed by atoms with Gasteiger partial charge in [0.25, 0.3) is 5.91 Å². The van der Waals surface area contributed by atoms with E-state index < -0.39 is 15.9 Å². The van der Waals surface area contributed by atoms with E-state index in [0.717, 1.165) is 6.07 Å². The first-order chi connectivity index (χ1) is 9.71. The van der Waals surface area contributed by atoms with Crippen LogP contribution in [0.1, 0.15) is 16.1 Å². The van der Waals surface area contributed by atoms with Gasteiger partial charge in [-0.3, -0.25) is 9.89 Å². The van der Waals surface area contributed by atoms with Gasteiger partial charge >= 0.3 is 0 Å². The highest BCUT2D eigenvalue weighted by Gasteiger charge is 2.21. The number of primary sulfonamides is 1. The Bertz CT molecular complexity index is 803.